The fourth-order valence-electron chi connectivity index (χ4n) is 3.58. The summed E-state index contributed by atoms with van der Waals surface area (Å²) in [6.45, 7) is 10.1. The number of alkyl halides is 3. The summed E-state index contributed by atoms with van der Waals surface area (Å²) in [6.07, 6.45) is -4.58. The van der Waals surface area contributed by atoms with Crippen LogP contribution in [0.25, 0.3) is 28.2 Å². The smallest absolute Gasteiger partial charge is 0.433 e. The Kier molecular flexibility index (Phi) is 5.68. The molecule has 0 saturated heterocycles. The molecule has 0 bridgehead atoms. The molecule has 0 saturated carbocycles. The molecule has 4 nitrogen and oxygen atoms in total. The van der Waals surface area contributed by atoms with Crippen molar-refractivity contribution in [2.75, 3.05) is 0 Å². The first-order valence-electron chi connectivity index (χ1n) is 10.8. The average Bonchev–Trinajstić information content (AvgIpc) is 3.16. The van der Waals surface area contributed by atoms with E-state index in [1.54, 1.807) is 30.3 Å². The predicted octanol–water partition coefficient (Wildman–Crippen LogP) is 7.17. The second kappa shape index (κ2) is 8.21. The SMILES string of the molecule is CC(C)Oc1ccc(-c2cc(C(F)(F)F)n3nc(-c4ccc(C(C)(C)C)cc4)cc3n2)cc1. The van der Waals surface area contributed by atoms with E-state index >= 15 is 0 Å². The summed E-state index contributed by atoms with van der Waals surface area (Å²) in [5.41, 5.74) is 2.34. The van der Waals surface area contributed by atoms with E-state index in [2.05, 4.69) is 30.9 Å². The Hall–Kier alpha value is -3.35. The molecule has 4 aromatic rings. The van der Waals surface area contributed by atoms with Gasteiger partial charge in [0, 0.05) is 17.2 Å². The number of benzene rings is 2. The molecular weight excluding hydrogens is 427 g/mol. The van der Waals surface area contributed by atoms with Crippen molar-refractivity contribution in [2.45, 2.75) is 52.3 Å². The molecular formula is C26H26F3N3O. The molecule has 0 spiro atoms. The number of nitrogens with zero attached hydrogens (tertiary/aromatic N) is 3. The molecule has 0 fully saturated rings. The highest BCUT2D eigenvalue weighted by Gasteiger charge is 2.35. The molecule has 172 valence electrons. The van der Waals surface area contributed by atoms with Crippen LogP contribution in [0.15, 0.2) is 60.7 Å². The Labute approximate surface area is 191 Å². The third-order valence-electron chi connectivity index (χ3n) is 5.29. The summed E-state index contributed by atoms with van der Waals surface area (Å²) in [5.74, 6) is 0.649. The van der Waals surface area contributed by atoms with E-state index in [-0.39, 0.29) is 22.9 Å². The second-order valence-corrected chi connectivity index (χ2v) is 9.34. The molecule has 0 aliphatic rings. The van der Waals surface area contributed by atoms with Crippen molar-refractivity contribution in [3.05, 3.63) is 71.9 Å². The number of hydrogen-bond donors (Lipinski definition) is 0. The van der Waals surface area contributed by atoms with Crippen molar-refractivity contribution in [3.63, 3.8) is 0 Å². The highest BCUT2D eigenvalue weighted by Crippen LogP contribution is 2.34. The molecule has 33 heavy (non-hydrogen) atoms. The zero-order valence-electron chi connectivity index (χ0n) is 19.2. The van der Waals surface area contributed by atoms with Gasteiger partial charge in [-0.3, -0.25) is 0 Å². The summed E-state index contributed by atoms with van der Waals surface area (Å²) in [5, 5.41) is 4.24. The lowest BCUT2D eigenvalue weighted by Gasteiger charge is -2.18. The molecule has 0 aliphatic heterocycles. The van der Waals surface area contributed by atoms with Gasteiger partial charge in [0.25, 0.3) is 0 Å². The van der Waals surface area contributed by atoms with Crippen LogP contribution in [0.2, 0.25) is 0 Å². The summed E-state index contributed by atoms with van der Waals surface area (Å²) < 4.78 is 48.2. The van der Waals surface area contributed by atoms with Crippen molar-refractivity contribution in [1.82, 2.24) is 14.6 Å². The zero-order chi connectivity index (χ0) is 24.0. The minimum Gasteiger partial charge on any atom is -0.491 e. The first-order chi connectivity index (χ1) is 15.4. The number of rotatable bonds is 4. The fourth-order valence-corrected chi connectivity index (χ4v) is 3.58. The Morgan fingerprint density at radius 2 is 1.39 bits per heavy atom. The van der Waals surface area contributed by atoms with Gasteiger partial charge in [-0.1, -0.05) is 45.0 Å². The average molecular weight is 454 g/mol. The fraction of sp³-hybridized carbons (Fsp3) is 0.308. The van der Waals surface area contributed by atoms with Gasteiger partial charge in [0.1, 0.15) is 5.75 Å². The monoisotopic (exact) mass is 453 g/mol. The maximum atomic E-state index is 13.9. The third kappa shape index (κ3) is 4.87. The summed E-state index contributed by atoms with van der Waals surface area (Å²) in [4.78, 5) is 4.47. The Morgan fingerprint density at radius 1 is 0.818 bits per heavy atom. The van der Waals surface area contributed by atoms with E-state index in [0.717, 1.165) is 21.7 Å². The first-order valence-corrected chi connectivity index (χ1v) is 10.8. The van der Waals surface area contributed by atoms with E-state index in [4.69, 9.17) is 4.74 Å². The molecule has 4 rings (SSSR count). The lowest BCUT2D eigenvalue weighted by molar-refractivity contribution is -0.142. The van der Waals surface area contributed by atoms with Crippen molar-refractivity contribution in [2.24, 2.45) is 0 Å². The maximum absolute atomic E-state index is 13.9. The van der Waals surface area contributed by atoms with Crippen LogP contribution >= 0.6 is 0 Å². The molecule has 0 unspecified atom stereocenters. The normalized spacial score (nSPS) is 12.5. The number of fused-ring (bicyclic) bond motifs is 1. The Morgan fingerprint density at radius 3 is 1.94 bits per heavy atom. The molecule has 2 aromatic carbocycles. The molecule has 0 radical (unpaired) electrons. The van der Waals surface area contributed by atoms with Gasteiger partial charge >= 0.3 is 6.18 Å². The van der Waals surface area contributed by atoms with Crippen LogP contribution in [0.5, 0.6) is 5.75 Å². The third-order valence-corrected chi connectivity index (χ3v) is 5.29. The predicted molar refractivity (Wildman–Crippen MR) is 123 cm³/mol. The zero-order valence-corrected chi connectivity index (χ0v) is 19.2. The van der Waals surface area contributed by atoms with Gasteiger partial charge in [-0.25, -0.2) is 9.50 Å². The first kappa shape index (κ1) is 22.8. The van der Waals surface area contributed by atoms with Crippen molar-refractivity contribution >= 4 is 5.65 Å². The molecule has 2 aromatic heterocycles. The van der Waals surface area contributed by atoms with Crippen molar-refractivity contribution in [1.29, 1.82) is 0 Å². The van der Waals surface area contributed by atoms with Gasteiger partial charge in [0.15, 0.2) is 11.3 Å². The maximum Gasteiger partial charge on any atom is 0.433 e. The van der Waals surface area contributed by atoms with Gasteiger partial charge in [-0.15, -0.1) is 0 Å². The van der Waals surface area contributed by atoms with E-state index in [1.807, 2.05) is 38.1 Å². The summed E-state index contributed by atoms with van der Waals surface area (Å²) >= 11 is 0. The molecule has 0 atom stereocenters. The number of halogens is 3. The van der Waals surface area contributed by atoms with Gasteiger partial charge in [0.2, 0.25) is 0 Å². The van der Waals surface area contributed by atoms with Gasteiger partial charge in [0.05, 0.1) is 17.5 Å². The minimum absolute atomic E-state index is 0.00448. The van der Waals surface area contributed by atoms with Crippen LogP contribution < -0.4 is 4.74 Å². The number of ether oxygens (including phenoxy) is 1. The molecule has 7 heteroatoms. The molecule has 0 amide bonds. The number of aromatic nitrogens is 3. The van der Waals surface area contributed by atoms with Crippen molar-refractivity contribution in [3.8, 4) is 28.3 Å². The van der Waals surface area contributed by atoms with Crippen LogP contribution in [0.4, 0.5) is 13.2 Å². The second-order valence-electron chi connectivity index (χ2n) is 9.34. The Bertz CT molecular complexity index is 1270. The standard InChI is InChI=1S/C26H26F3N3O/c1-16(2)33-20-12-8-17(9-13-20)21-14-23(26(27,28)29)32-24(30-21)15-22(31-32)18-6-10-19(11-7-18)25(3,4)5/h6-16H,1-5H3. The van der Waals surface area contributed by atoms with Gasteiger partial charge in [-0.05, 0) is 55.2 Å². The highest BCUT2D eigenvalue weighted by molar-refractivity contribution is 5.68. The van der Waals surface area contributed by atoms with E-state index in [1.165, 1.54) is 0 Å². The van der Waals surface area contributed by atoms with E-state index in [9.17, 15) is 13.2 Å². The molecule has 0 aliphatic carbocycles. The van der Waals surface area contributed by atoms with Crippen LogP contribution in [0.1, 0.15) is 45.9 Å². The van der Waals surface area contributed by atoms with Crippen LogP contribution in [0.3, 0.4) is 0 Å². The summed E-state index contributed by atoms with van der Waals surface area (Å²) in [7, 11) is 0. The largest absolute Gasteiger partial charge is 0.491 e. The number of hydrogen-bond acceptors (Lipinski definition) is 3. The highest BCUT2D eigenvalue weighted by atomic mass is 19.4. The van der Waals surface area contributed by atoms with Crippen LogP contribution in [-0.4, -0.2) is 20.7 Å². The van der Waals surface area contributed by atoms with Gasteiger partial charge in [-0.2, -0.15) is 18.3 Å². The minimum atomic E-state index is -4.59. The van der Waals surface area contributed by atoms with Crippen molar-refractivity contribution < 1.29 is 17.9 Å². The lowest BCUT2D eigenvalue weighted by Crippen LogP contribution is -2.13. The topological polar surface area (TPSA) is 39.4 Å². The quantitative estimate of drug-likeness (QED) is 0.329. The molecule has 0 N–H and O–H groups in total. The van der Waals surface area contributed by atoms with E-state index < -0.39 is 11.9 Å². The van der Waals surface area contributed by atoms with Gasteiger partial charge < -0.3 is 4.74 Å². The molecule has 2 heterocycles. The Balaban J connectivity index is 1.79. The summed E-state index contributed by atoms with van der Waals surface area (Å²) in [6, 6.07) is 17.2. The van der Waals surface area contributed by atoms with E-state index in [0.29, 0.717) is 17.0 Å². The van der Waals surface area contributed by atoms with Crippen LogP contribution in [0, 0.1) is 0 Å². The lowest BCUT2D eigenvalue weighted by atomic mass is 9.86. The van der Waals surface area contributed by atoms with Crippen LogP contribution in [-0.2, 0) is 11.6 Å².